The Kier molecular flexibility index (Phi) is 6.25. The van der Waals surface area contributed by atoms with Gasteiger partial charge in [-0.25, -0.2) is 13.1 Å². The van der Waals surface area contributed by atoms with Crippen molar-refractivity contribution in [3.05, 3.63) is 18.2 Å². The molecule has 0 spiro atoms. The van der Waals surface area contributed by atoms with Crippen molar-refractivity contribution in [1.82, 2.24) is 4.72 Å². The molecule has 0 aliphatic carbocycles. The Balaban J connectivity index is 3.03. The highest BCUT2D eigenvalue weighted by molar-refractivity contribution is 7.89. The molecule has 0 bridgehead atoms. The number of rotatable bonds is 8. The molecule has 2 N–H and O–H groups in total. The maximum absolute atomic E-state index is 12.0. The van der Waals surface area contributed by atoms with Gasteiger partial charge >= 0.3 is 0 Å². The molecule has 0 aromatic heterocycles. The van der Waals surface area contributed by atoms with Gasteiger partial charge in [0.1, 0.15) is 0 Å². The van der Waals surface area contributed by atoms with E-state index in [2.05, 4.69) is 4.72 Å². The number of nitrogens with one attached hydrogen (secondary N) is 1. The van der Waals surface area contributed by atoms with Gasteiger partial charge in [-0.3, -0.25) is 0 Å². The summed E-state index contributed by atoms with van der Waals surface area (Å²) in [7, 11) is -3.67. The first-order valence-electron chi connectivity index (χ1n) is 6.48. The lowest BCUT2D eigenvalue weighted by atomic mass is 10.3. The van der Waals surface area contributed by atoms with Crippen molar-refractivity contribution in [3.63, 3.8) is 0 Å². The van der Waals surface area contributed by atoms with Gasteiger partial charge in [-0.2, -0.15) is 0 Å². The van der Waals surface area contributed by atoms with Crippen LogP contribution < -0.4 is 14.2 Å². The summed E-state index contributed by atoms with van der Waals surface area (Å²) in [5.41, 5.74) is 0. The second kappa shape index (κ2) is 7.47. The Labute approximate surface area is 119 Å². The second-order valence-corrected chi connectivity index (χ2v) is 5.94. The summed E-state index contributed by atoms with van der Waals surface area (Å²) >= 11 is 0. The first-order chi connectivity index (χ1) is 9.40. The van der Waals surface area contributed by atoms with Crippen LogP contribution in [0.25, 0.3) is 0 Å². The molecule has 1 rings (SSSR count). The molecular weight excluding hydrogens is 282 g/mol. The average molecular weight is 303 g/mol. The van der Waals surface area contributed by atoms with Crippen molar-refractivity contribution < 1.29 is 23.0 Å². The summed E-state index contributed by atoms with van der Waals surface area (Å²) < 4.78 is 37.2. The molecule has 1 aromatic rings. The van der Waals surface area contributed by atoms with E-state index in [0.717, 1.165) is 0 Å². The molecule has 20 heavy (non-hydrogen) atoms. The highest BCUT2D eigenvalue weighted by atomic mass is 32.2. The minimum Gasteiger partial charge on any atom is -0.490 e. The zero-order valence-electron chi connectivity index (χ0n) is 11.9. The van der Waals surface area contributed by atoms with E-state index >= 15 is 0 Å². The topological polar surface area (TPSA) is 84.9 Å². The molecule has 0 unspecified atom stereocenters. The second-order valence-electron chi connectivity index (χ2n) is 4.18. The molecule has 0 heterocycles. The predicted molar refractivity (Wildman–Crippen MR) is 75.6 cm³/mol. The summed E-state index contributed by atoms with van der Waals surface area (Å²) in [6.45, 7) is 5.98. The van der Waals surface area contributed by atoms with Crippen LogP contribution in [0.5, 0.6) is 11.5 Å². The fraction of sp³-hybridized carbons (Fsp3) is 0.538. The molecule has 0 aliphatic heterocycles. The summed E-state index contributed by atoms with van der Waals surface area (Å²) in [5.74, 6) is 0.887. The standard InChI is InChI=1S/C13H21NO5S/c1-4-18-12-7-6-11(8-13(12)19-5-2)20(16,17)14-9-10(3)15/h6-8,10,14-15H,4-5,9H2,1-3H3/t10-/m0/s1. The third-order valence-electron chi connectivity index (χ3n) is 2.39. The van der Waals surface area contributed by atoms with Crippen LogP contribution in [0.1, 0.15) is 20.8 Å². The summed E-state index contributed by atoms with van der Waals surface area (Å²) in [6, 6.07) is 4.42. The van der Waals surface area contributed by atoms with Gasteiger partial charge in [0.25, 0.3) is 0 Å². The molecule has 0 saturated heterocycles. The highest BCUT2D eigenvalue weighted by Gasteiger charge is 2.17. The molecule has 0 radical (unpaired) electrons. The fourth-order valence-corrected chi connectivity index (χ4v) is 2.65. The van der Waals surface area contributed by atoms with Crippen molar-refractivity contribution in [2.75, 3.05) is 19.8 Å². The van der Waals surface area contributed by atoms with E-state index in [1.807, 2.05) is 13.8 Å². The van der Waals surface area contributed by atoms with E-state index in [9.17, 15) is 8.42 Å². The summed E-state index contributed by atoms with van der Waals surface area (Å²) in [6.07, 6.45) is -0.751. The first-order valence-corrected chi connectivity index (χ1v) is 7.96. The molecule has 114 valence electrons. The lowest BCUT2D eigenvalue weighted by Gasteiger charge is -2.13. The molecule has 0 aliphatic rings. The van der Waals surface area contributed by atoms with Gasteiger partial charge in [0.05, 0.1) is 24.2 Å². The molecule has 6 nitrogen and oxygen atoms in total. The Bertz CT molecular complexity index is 528. The molecule has 0 amide bonds. The van der Waals surface area contributed by atoms with Crippen LogP contribution in [0.2, 0.25) is 0 Å². The van der Waals surface area contributed by atoms with Gasteiger partial charge in [0.15, 0.2) is 11.5 Å². The quantitative estimate of drug-likeness (QED) is 0.752. The van der Waals surface area contributed by atoms with Crippen LogP contribution >= 0.6 is 0 Å². The van der Waals surface area contributed by atoms with E-state index in [1.54, 1.807) is 6.07 Å². The Hall–Kier alpha value is -1.31. The number of hydrogen-bond donors (Lipinski definition) is 2. The van der Waals surface area contributed by atoms with E-state index in [-0.39, 0.29) is 11.4 Å². The zero-order valence-corrected chi connectivity index (χ0v) is 12.7. The minimum atomic E-state index is -3.67. The fourth-order valence-electron chi connectivity index (χ4n) is 1.51. The van der Waals surface area contributed by atoms with Crippen LogP contribution in [0, 0.1) is 0 Å². The number of hydrogen-bond acceptors (Lipinski definition) is 5. The number of aliphatic hydroxyl groups is 1. The predicted octanol–water partition coefficient (Wildman–Crippen LogP) is 1.14. The number of sulfonamides is 1. The van der Waals surface area contributed by atoms with Crippen LogP contribution in [-0.4, -0.2) is 39.4 Å². The van der Waals surface area contributed by atoms with Crippen molar-refractivity contribution in [3.8, 4) is 11.5 Å². The number of aliphatic hydroxyl groups excluding tert-OH is 1. The molecule has 7 heteroatoms. The monoisotopic (exact) mass is 303 g/mol. The lowest BCUT2D eigenvalue weighted by Crippen LogP contribution is -2.30. The molecular formula is C13H21NO5S. The normalized spacial score (nSPS) is 13.0. The third kappa shape index (κ3) is 4.66. The van der Waals surface area contributed by atoms with Crippen molar-refractivity contribution in [2.24, 2.45) is 0 Å². The van der Waals surface area contributed by atoms with Crippen LogP contribution in [0.4, 0.5) is 0 Å². The van der Waals surface area contributed by atoms with Gasteiger partial charge in [-0.1, -0.05) is 0 Å². The van der Waals surface area contributed by atoms with Crippen LogP contribution in [-0.2, 0) is 10.0 Å². The summed E-state index contributed by atoms with van der Waals surface area (Å²) in [4.78, 5) is 0.0741. The Morgan fingerprint density at radius 2 is 1.80 bits per heavy atom. The minimum absolute atomic E-state index is 0.0421. The lowest BCUT2D eigenvalue weighted by molar-refractivity contribution is 0.198. The van der Waals surface area contributed by atoms with Crippen molar-refractivity contribution in [2.45, 2.75) is 31.8 Å². The van der Waals surface area contributed by atoms with Crippen LogP contribution in [0.15, 0.2) is 23.1 Å². The van der Waals surface area contributed by atoms with Gasteiger partial charge in [-0.15, -0.1) is 0 Å². The van der Waals surface area contributed by atoms with Gasteiger partial charge < -0.3 is 14.6 Å². The van der Waals surface area contributed by atoms with Crippen molar-refractivity contribution >= 4 is 10.0 Å². The van der Waals surface area contributed by atoms with Gasteiger partial charge in [0, 0.05) is 12.6 Å². The zero-order chi connectivity index (χ0) is 15.2. The SMILES string of the molecule is CCOc1ccc(S(=O)(=O)NC[C@H](C)O)cc1OCC. The molecule has 0 fully saturated rings. The highest BCUT2D eigenvalue weighted by Crippen LogP contribution is 2.30. The maximum atomic E-state index is 12.0. The van der Waals surface area contributed by atoms with Crippen molar-refractivity contribution in [1.29, 1.82) is 0 Å². The first kappa shape index (κ1) is 16.7. The number of benzene rings is 1. The summed E-state index contributed by atoms with van der Waals surface area (Å²) in [5, 5.41) is 9.14. The largest absolute Gasteiger partial charge is 0.490 e. The van der Waals surface area contributed by atoms with Gasteiger partial charge in [-0.05, 0) is 32.9 Å². The average Bonchev–Trinajstić information content (AvgIpc) is 2.39. The third-order valence-corrected chi connectivity index (χ3v) is 3.82. The van der Waals surface area contributed by atoms with E-state index < -0.39 is 16.1 Å². The van der Waals surface area contributed by atoms with Crippen LogP contribution in [0.3, 0.4) is 0 Å². The molecule has 1 atom stereocenters. The smallest absolute Gasteiger partial charge is 0.240 e. The molecule has 1 aromatic carbocycles. The Morgan fingerprint density at radius 3 is 2.35 bits per heavy atom. The van der Waals surface area contributed by atoms with E-state index in [1.165, 1.54) is 19.1 Å². The van der Waals surface area contributed by atoms with E-state index in [0.29, 0.717) is 24.7 Å². The van der Waals surface area contributed by atoms with Gasteiger partial charge in [0.2, 0.25) is 10.0 Å². The number of ether oxygens (including phenoxy) is 2. The molecule has 0 saturated carbocycles. The van der Waals surface area contributed by atoms with E-state index in [4.69, 9.17) is 14.6 Å². The maximum Gasteiger partial charge on any atom is 0.240 e. The Morgan fingerprint density at radius 1 is 1.20 bits per heavy atom.